The van der Waals surface area contributed by atoms with E-state index in [4.69, 9.17) is 21.3 Å². The third-order valence-corrected chi connectivity index (χ3v) is 8.24. The average molecular weight is 570 g/mol. The van der Waals surface area contributed by atoms with Crippen molar-refractivity contribution in [2.75, 3.05) is 36.3 Å². The number of benzene rings is 3. The molecule has 8 nitrogen and oxygen atoms in total. The first-order valence-corrected chi connectivity index (χ1v) is 13.9. The molecule has 41 heavy (non-hydrogen) atoms. The molecule has 3 heterocycles. The van der Waals surface area contributed by atoms with E-state index in [-0.39, 0.29) is 23.6 Å². The zero-order valence-electron chi connectivity index (χ0n) is 24.2. The predicted molar refractivity (Wildman–Crippen MR) is 163 cm³/mol. The number of nitrogens with zero attached hydrogens (tertiary/aromatic N) is 4. The maximum Gasteiger partial charge on any atom is 0.280 e. The van der Waals surface area contributed by atoms with Gasteiger partial charge in [-0.3, -0.25) is 14.5 Å². The second-order valence-corrected chi connectivity index (χ2v) is 11.6. The van der Waals surface area contributed by atoms with Gasteiger partial charge < -0.3 is 19.5 Å². The summed E-state index contributed by atoms with van der Waals surface area (Å²) in [6.45, 7) is 7.97. The van der Waals surface area contributed by atoms with Crippen molar-refractivity contribution in [3.8, 4) is 17.1 Å². The van der Waals surface area contributed by atoms with E-state index in [2.05, 4.69) is 5.32 Å². The Morgan fingerprint density at radius 1 is 1.02 bits per heavy atom. The molecule has 0 saturated carbocycles. The molecule has 0 saturated heterocycles. The molecule has 9 heteroatoms. The van der Waals surface area contributed by atoms with Crippen molar-refractivity contribution < 1.29 is 14.3 Å². The van der Waals surface area contributed by atoms with Crippen molar-refractivity contribution in [1.82, 2.24) is 9.55 Å². The molecule has 1 atom stereocenters. The number of hydrogen-bond donors (Lipinski definition) is 1. The highest BCUT2D eigenvalue weighted by molar-refractivity contribution is 6.31. The number of imidazole rings is 1. The minimum absolute atomic E-state index is 0.146. The number of halogens is 1. The highest BCUT2D eigenvalue weighted by Gasteiger charge is 2.64. The van der Waals surface area contributed by atoms with Crippen LogP contribution in [0.4, 0.5) is 17.1 Å². The second kappa shape index (κ2) is 9.38. The molecule has 6 rings (SSSR count). The Labute approximate surface area is 244 Å². The Kier molecular flexibility index (Phi) is 6.15. The van der Waals surface area contributed by atoms with Crippen molar-refractivity contribution in [2.45, 2.75) is 39.3 Å². The lowest BCUT2D eigenvalue weighted by atomic mass is 9.86. The van der Waals surface area contributed by atoms with E-state index in [1.807, 2.05) is 93.7 Å². The standard InChI is InChI=1S/C32H32ClN5O3/c1-17(2)37-28-27(35-29(37)22-12-11-21(36(5)6)16-26(22)41-7)30(39)38(25-14-18(3)8-9-19(25)4)32(28)23-13-10-20(33)15-24(23)34-31(32)40/h8-17H,1-7H3,(H,34,40). The first kappa shape index (κ1) is 26.9. The maximum absolute atomic E-state index is 14.6. The molecule has 0 radical (unpaired) electrons. The normalized spacial score (nSPS) is 17.3. The van der Waals surface area contributed by atoms with Crippen LogP contribution in [0.15, 0.2) is 54.6 Å². The molecular formula is C32H32ClN5O3. The number of aromatic nitrogens is 2. The van der Waals surface area contributed by atoms with E-state index in [9.17, 15) is 9.59 Å². The number of anilines is 3. The van der Waals surface area contributed by atoms with Gasteiger partial charge in [0.25, 0.3) is 11.8 Å². The van der Waals surface area contributed by atoms with Crippen LogP contribution in [0.3, 0.4) is 0 Å². The van der Waals surface area contributed by atoms with Crippen LogP contribution in [0.5, 0.6) is 5.75 Å². The fraction of sp³-hybridized carbons (Fsp3) is 0.281. The first-order chi connectivity index (χ1) is 19.5. The number of carbonyl (C=O) groups is 2. The van der Waals surface area contributed by atoms with Gasteiger partial charge in [-0.25, -0.2) is 4.98 Å². The zero-order valence-corrected chi connectivity index (χ0v) is 24.9. The molecule has 2 aliphatic rings. The summed E-state index contributed by atoms with van der Waals surface area (Å²) in [4.78, 5) is 37.6. The van der Waals surface area contributed by atoms with Crippen molar-refractivity contribution in [2.24, 2.45) is 0 Å². The van der Waals surface area contributed by atoms with Crippen molar-refractivity contribution >= 4 is 40.5 Å². The Hall–Kier alpha value is -4.30. The molecule has 2 aliphatic heterocycles. The minimum atomic E-state index is -1.49. The van der Waals surface area contributed by atoms with E-state index in [0.717, 1.165) is 22.4 Å². The maximum atomic E-state index is 14.6. The van der Waals surface area contributed by atoms with Gasteiger partial charge in [0.15, 0.2) is 11.2 Å². The van der Waals surface area contributed by atoms with Gasteiger partial charge in [0.2, 0.25) is 0 Å². The van der Waals surface area contributed by atoms with Crippen LogP contribution in [-0.2, 0) is 10.3 Å². The Bertz CT molecular complexity index is 1760. The van der Waals surface area contributed by atoms with Gasteiger partial charge in [-0.15, -0.1) is 0 Å². The Balaban J connectivity index is 1.72. The summed E-state index contributed by atoms with van der Waals surface area (Å²) in [6, 6.07) is 17.0. The molecule has 1 N–H and O–H groups in total. The molecule has 0 aliphatic carbocycles. The number of hydrogen-bond acceptors (Lipinski definition) is 5. The van der Waals surface area contributed by atoms with Crippen LogP contribution in [0.25, 0.3) is 11.4 Å². The summed E-state index contributed by atoms with van der Waals surface area (Å²) in [5, 5.41) is 3.53. The van der Waals surface area contributed by atoms with Gasteiger partial charge in [0, 0.05) is 53.9 Å². The molecule has 1 unspecified atom stereocenters. The van der Waals surface area contributed by atoms with Crippen molar-refractivity contribution in [3.05, 3.63) is 87.7 Å². The molecule has 1 spiro atoms. The van der Waals surface area contributed by atoms with Gasteiger partial charge in [-0.2, -0.15) is 0 Å². The Morgan fingerprint density at radius 2 is 1.78 bits per heavy atom. The van der Waals surface area contributed by atoms with E-state index >= 15 is 0 Å². The summed E-state index contributed by atoms with van der Waals surface area (Å²) in [7, 11) is 5.55. The largest absolute Gasteiger partial charge is 0.496 e. The fourth-order valence-electron chi connectivity index (χ4n) is 6.11. The highest BCUT2D eigenvalue weighted by Crippen LogP contribution is 2.55. The minimum Gasteiger partial charge on any atom is -0.496 e. The second-order valence-electron chi connectivity index (χ2n) is 11.2. The topological polar surface area (TPSA) is 79.7 Å². The highest BCUT2D eigenvalue weighted by atomic mass is 35.5. The summed E-state index contributed by atoms with van der Waals surface area (Å²) in [5.41, 5.74) is 4.73. The predicted octanol–water partition coefficient (Wildman–Crippen LogP) is 6.33. The van der Waals surface area contributed by atoms with E-state index in [0.29, 0.717) is 39.2 Å². The van der Waals surface area contributed by atoms with E-state index in [1.54, 1.807) is 24.1 Å². The summed E-state index contributed by atoms with van der Waals surface area (Å²) in [5.74, 6) is 0.524. The SMILES string of the molecule is COc1cc(N(C)C)ccc1-c1nc2c(n1C(C)C)C1(C(=O)Nc3cc(Cl)ccc31)N(c1cc(C)ccc1C)C2=O. The molecule has 1 aromatic heterocycles. The summed E-state index contributed by atoms with van der Waals surface area (Å²) in [6.07, 6.45) is 0. The molecule has 3 aromatic carbocycles. The van der Waals surface area contributed by atoms with Crippen molar-refractivity contribution in [3.63, 3.8) is 0 Å². The average Bonchev–Trinajstić information content (AvgIpc) is 3.53. The molecular weight excluding hydrogens is 538 g/mol. The number of nitrogens with one attached hydrogen (secondary N) is 1. The number of methoxy groups -OCH3 is 1. The monoisotopic (exact) mass is 569 g/mol. The van der Waals surface area contributed by atoms with E-state index in [1.165, 1.54) is 0 Å². The number of fused-ring (bicyclic) bond motifs is 4. The van der Waals surface area contributed by atoms with E-state index < -0.39 is 5.54 Å². The lowest BCUT2D eigenvalue weighted by molar-refractivity contribution is -0.119. The lowest BCUT2D eigenvalue weighted by Gasteiger charge is -2.36. The summed E-state index contributed by atoms with van der Waals surface area (Å²) < 4.78 is 7.82. The number of rotatable bonds is 5. The third-order valence-electron chi connectivity index (χ3n) is 8.01. The molecule has 2 amide bonds. The molecule has 210 valence electrons. The van der Waals surface area contributed by atoms with Gasteiger partial charge >= 0.3 is 0 Å². The Morgan fingerprint density at radius 3 is 2.46 bits per heavy atom. The van der Waals surface area contributed by atoms with Crippen LogP contribution in [0.1, 0.15) is 52.8 Å². The van der Waals surface area contributed by atoms with Gasteiger partial charge in [-0.1, -0.05) is 29.8 Å². The number of carbonyl (C=O) groups excluding carboxylic acids is 2. The van der Waals surface area contributed by atoms with Crippen LogP contribution >= 0.6 is 11.6 Å². The van der Waals surface area contributed by atoms with Crippen LogP contribution in [0.2, 0.25) is 5.02 Å². The van der Waals surface area contributed by atoms with Crippen LogP contribution < -0.4 is 19.9 Å². The van der Waals surface area contributed by atoms with Gasteiger partial charge in [0.05, 0.1) is 18.4 Å². The van der Waals surface area contributed by atoms with Gasteiger partial charge in [0.1, 0.15) is 11.6 Å². The molecule has 0 fully saturated rings. The summed E-state index contributed by atoms with van der Waals surface area (Å²) >= 11 is 6.36. The van der Waals surface area contributed by atoms with Crippen LogP contribution in [0, 0.1) is 13.8 Å². The third kappa shape index (κ3) is 3.70. The van der Waals surface area contributed by atoms with Crippen LogP contribution in [-0.4, -0.2) is 42.6 Å². The smallest absolute Gasteiger partial charge is 0.280 e. The fourth-order valence-corrected chi connectivity index (χ4v) is 6.28. The lowest BCUT2D eigenvalue weighted by Crippen LogP contribution is -2.51. The number of amides is 2. The molecule has 0 bridgehead atoms. The molecule has 4 aromatic rings. The zero-order chi connectivity index (χ0) is 29.4. The number of aryl methyl sites for hydroxylation is 2. The quantitative estimate of drug-likeness (QED) is 0.304. The van der Waals surface area contributed by atoms with Gasteiger partial charge in [-0.05, 0) is 69.2 Å². The first-order valence-electron chi connectivity index (χ1n) is 13.5. The number of ether oxygens (including phenoxy) is 1. The van der Waals surface area contributed by atoms with Crippen molar-refractivity contribution in [1.29, 1.82) is 0 Å².